The number of nitrogens with one attached hydrogen (secondary N) is 1. The predicted octanol–water partition coefficient (Wildman–Crippen LogP) is 2.55. The minimum absolute atomic E-state index is 0.0388. The normalized spacial score (nSPS) is 10.4. The first-order valence-corrected chi connectivity index (χ1v) is 6.69. The van der Waals surface area contributed by atoms with Crippen LogP contribution in [0.2, 0.25) is 0 Å². The summed E-state index contributed by atoms with van der Waals surface area (Å²) in [6.07, 6.45) is 1.73. The second-order valence-corrected chi connectivity index (χ2v) is 4.81. The number of benzene rings is 1. The molecule has 1 aromatic heterocycles. The Kier molecular flexibility index (Phi) is 4.37. The summed E-state index contributed by atoms with van der Waals surface area (Å²) in [6.45, 7) is 4.71. The van der Waals surface area contributed by atoms with Gasteiger partial charge in [-0.05, 0) is 37.1 Å². The van der Waals surface area contributed by atoms with Gasteiger partial charge in [0.2, 0.25) is 0 Å². The molecule has 0 aliphatic rings. The lowest BCUT2D eigenvalue weighted by atomic mass is 10.1. The van der Waals surface area contributed by atoms with Gasteiger partial charge in [0.25, 0.3) is 11.2 Å². The summed E-state index contributed by atoms with van der Waals surface area (Å²) in [5.74, 6) is 0. The topological polar surface area (TPSA) is 77.2 Å². The Bertz CT molecular complexity index is 722. The second-order valence-electron chi connectivity index (χ2n) is 4.81. The number of hydrogen-bond donors (Lipinski definition) is 1. The van der Waals surface area contributed by atoms with Gasteiger partial charge in [0.05, 0.1) is 11.5 Å². The zero-order chi connectivity index (χ0) is 15.4. The number of hydrogen-bond acceptors (Lipinski definition) is 4. The fraction of sp³-hybridized carbons (Fsp3) is 0.267. The minimum atomic E-state index is -0.417. The van der Waals surface area contributed by atoms with Crippen molar-refractivity contribution in [2.75, 3.05) is 11.9 Å². The highest BCUT2D eigenvalue weighted by Gasteiger charge is 2.13. The highest BCUT2D eigenvalue weighted by atomic mass is 16.6. The van der Waals surface area contributed by atoms with Crippen LogP contribution < -0.4 is 10.9 Å². The van der Waals surface area contributed by atoms with Crippen LogP contribution in [-0.4, -0.2) is 16.0 Å². The maximum absolute atomic E-state index is 11.9. The number of nitro benzene ring substituents is 1. The summed E-state index contributed by atoms with van der Waals surface area (Å²) >= 11 is 0. The van der Waals surface area contributed by atoms with Crippen molar-refractivity contribution in [3.63, 3.8) is 0 Å². The highest BCUT2D eigenvalue weighted by molar-refractivity contribution is 5.62. The predicted molar refractivity (Wildman–Crippen MR) is 81.8 cm³/mol. The summed E-state index contributed by atoms with van der Waals surface area (Å²) < 4.78 is 1.57. The molecule has 0 aliphatic heterocycles. The monoisotopic (exact) mass is 287 g/mol. The molecule has 0 bridgehead atoms. The zero-order valence-electron chi connectivity index (χ0n) is 12.0. The van der Waals surface area contributed by atoms with Gasteiger partial charge < -0.3 is 9.88 Å². The number of aryl methyl sites for hydroxylation is 1. The number of pyridine rings is 1. The van der Waals surface area contributed by atoms with E-state index in [0.717, 1.165) is 11.1 Å². The van der Waals surface area contributed by atoms with Gasteiger partial charge in [-0.3, -0.25) is 14.9 Å². The molecule has 0 spiro atoms. The van der Waals surface area contributed by atoms with Crippen LogP contribution in [0.25, 0.3) is 0 Å². The fourth-order valence-corrected chi connectivity index (χ4v) is 2.11. The first-order chi connectivity index (χ1) is 10.0. The Labute approximate surface area is 122 Å². The van der Waals surface area contributed by atoms with E-state index in [4.69, 9.17) is 0 Å². The van der Waals surface area contributed by atoms with Crippen molar-refractivity contribution in [3.05, 3.63) is 68.1 Å². The van der Waals surface area contributed by atoms with Crippen molar-refractivity contribution in [3.8, 4) is 0 Å². The van der Waals surface area contributed by atoms with Gasteiger partial charge in [0.15, 0.2) is 0 Å². The molecule has 2 aromatic rings. The summed E-state index contributed by atoms with van der Waals surface area (Å²) in [7, 11) is 0. The number of anilines is 1. The van der Waals surface area contributed by atoms with Gasteiger partial charge in [-0.2, -0.15) is 0 Å². The molecule has 0 saturated heterocycles. The number of nitro groups is 1. The molecule has 21 heavy (non-hydrogen) atoms. The Morgan fingerprint density at radius 1 is 1.29 bits per heavy atom. The number of rotatable bonds is 5. The van der Waals surface area contributed by atoms with Gasteiger partial charge in [0, 0.05) is 24.9 Å². The standard InChI is InChI=1S/C15H17N3O3/c1-3-16-13-9-12(4-5-14(13)18(20)21)10-17-7-6-11(2)8-15(17)19/h4-9,16H,3,10H2,1-2H3. The molecule has 0 fully saturated rings. The van der Waals surface area contributed by atoms with E-state index < -0.39 is 4.92 Å². The molecule has 1 heterocycles. The van der Waals surface area contributed by atoms with Crippen molar-refractivity contribution in [2.24, 2.45) is 0 Å². The lowest BCUT2D eigenvalue weighted by molar-refractivity contribution is -0.384. The van der Waals surface area contributed by atoms with E-state index in [0.29, 0.717) is 18.8 Å². The van der Waals surface area contributed by atoms with E-state index >= 15 is 0 Å². The average Bonchev–Trinajstić information content (AvgIpc) is 2.42. The molecule has 0 atom stereocenters. The van der Waals surface area contributed by atoms with Crippen molar-refractivity contribution < 1.29 is 4.92 Å². The molecule has 6 heteroatoms. The van der Waals surface area contributed by atoms with E-state index in [-0.39, 0.29) is 11.2 Å². The summed E-state index contributed by atoms with van der Waals surface area (Å²) in [4.78, 5) is 22.4. The van der Waals surface area contributed by atoms with E-state index in [1.807, 2.05) is 19.9 Å². The minimum Gasteiger partial charge on any atom is -0.380 e. The third-order valence-corrected chi connectivity index (χ3v) is 3.13. The average molecular weight is 287 g/mol. The van der Waals surface area contributed by atoms with Crippen LogP contribution in [0.15, 0.2) is 41.3 Å². The van der Waals surface area contributed by atoms with Crippen LogP contribution in [0.5, 0.6) is 0 Å². The fourth-order valence-electron chi connectivity index (χ4n) is 2.11. The highest BCUT2D eigenvalue weighted by Crippen LogP contribution is 2.25. The third-order valence-electron chi connectivity index (χ3n) is 3.13. The van der Waals surface area contributed by atoms with Crippen LogP contribution in [0, 0.1) is 17.0 Å². The first kappa shape index (κ1) is 14.8. The lowest BCUT2D eigenvalue weighted by Crippen LogP contribution is -2.19. The smallest absolute Gasteiger partial charge is 0.292 e. The molecule has 0 saturated carbocycles. The van der Waals surface area contributed by atoms with E-state index in [1.165, 1.54) is 6.07 Å². The van der Waals surface area contributed by atoms with E-state index in [9.17, 15) is 14.9 Å². The Balaban J connectivity index is 2.34. The van der Waals surface area contributed by atoms with Crippen molar-refractivity contribution >= 4 is 11.4 Å². The molecule has 0 amide bonds. The molecular weight excluding hydrogens is 270 g/mol. The molecule has 0 aliphatic carbocycles. The molecule has 110 valence electrons. The maximum Gasteiger partial charge on any atom is 0.292 e. The van der Waals surface area contributed by atoms with E-state index in [1.54, 1.807) is 29.0 Å². The Morgan fingerprint density at radius 3 is 2.67 bits per heavy atom. The second kappa shape index (κ2) is 6.21. The van der Waals surface area contributed by atoms with Gasteiger partial charge in [-0.1, -0.05) is 6.07 Å². The largest absolute Gasteiger partial charge is 0.380 e. The molecule has 1 aromatic carbocycles. The Morgan fingerprint density at radius 2 is 2.05 bits per heavy atom. The van der Waals surface area contributed by atoms with Gasteiger partial charge in [0.1, 0.15) is 5.69 Å². The van der Waals surface area contributed by atoms with Gasteiger partial charge in [-0.25, -0.2) is 0 Å². The third kappa shape index (κ3) is 3.47. The molecule has 6 nitrogen and oxygen atoms in total. The maximum atomic E-state index is 11.9. The summed E-state index contributed by atoms with van der Waals surface area (Å²) in [5, 5.41) is 13.9. The van der Waals surface area contributed by atoms with Crippen LogP contribution in [0.1, 0.15) is 18.1 Å². The van der Waals surface area contributed by atoms with Gasteiger partial charge in [-0.15, -0.1) is 0 Å². The molecule has 1 N–H and O–H groups in total. The summed E-state index contributed by atoms with van der Waals surface area (Å²) in [5.41, 5.74) is 2.17. The van der Waals surface area contributed by atoms with Crippen LogP contribution in [0.3, 0.4) is 0 Å². The Hall–Kier alpha value is -2.63. The molecule has 0 radical (unpaired) electrons. The van der Waals surface area contributed by atoms with Crippen molar-refractivity contribution in [1.82, 2.24) is 4.57 Å². The molecule has 2 rings (SSSR count). The molecular formula is C15H17N3O3. The van der Waals surface area contributed by atoms with Gasteiger partial charge >= 0.3 is 0 Å². The quantitative estimate of drug-likeness (QED) is 0.677. The van der Waals surface area contributed by atoms with Crippen LogP contribution >= 0.6 is 0 Å². The molecule has 0 unspecified atom stereocenters. The first-order valence-electron chi connectivity index (χ1n) is 6.69. The zero-order valence-corrected chi connectivity index (χ0v) is 12.0. The van der Waals surface area contributed by atoms with Crippen LogP contribution in [0.4, 0.5) is 11.4 Å². The van der Waals surface area contributed by atoms with Crippen LogP contribution in [-0.2, 0) is 6.54 Å². The van der Waals surface area contributed by atoms with E-state index in [2.05, 4.69) is 5.32 Å². The number of aromatic nitrogens is 1. The van der Waals surface area contributed by atoms with Crippen molar-refractivity contribution in [1.29, 1.82) is 0 Å². The SMILES string of the molecule is CCNc1cc(Cn2ccc(C)cc2=O)ccc1[N+](=O)[O-]. The lowest BCUT2D eigenvalue weighted by Gasteiger charge is -2.09. The number of nitrogens with zero attached hydrogens (tertiary/aromatic N) is 2. The summed E-state index contributed by atoms with van der Waals surface area (Å²) in [6, 6.07) is 8.28. The van der Waals surface area contributed by atoms with Crippen molar-refractivity contribution in [2.45, 2.75) is 20.4 Å².